The zero-order valence-corrected chi connectivity index (χ0v) is 16.1. The second-order valence-corrected chi connectivity index (χ2v) is 7.08. The number of nitrogens with zero attached hydrogens (tertiary/aromatic N) is 2. The van der Waals surface area contributed by atoms with Crippen molar-refractivity contribution in [2.45, 2.75) is 20.0 Å². The number of para-hydroxylation sites is 1. The Bertz CT molecular complexity index is 888. The summed E-state index contributed by atoms with van der Waals surface area (Å²) in [4.78, 5) is 19.0. The molecule has 3 aromatic rings. The number of hydrogen-bond acceptors (Lipinski definition) is 4. The summed E-state index contributed by atoms with van der Waals surface area (Å²) in [6.07, 6.45) is 1.98. The van der Waals surface area contributed by atoms with Crippen LogP contribution in [0, 0.1) is 6.92 Å². The highest BCUT2D eigenvalue weighted by Crippen LogP contribution is 2.18. The van der Waals surface area contributed by atoms with Gasteiger partial charge in [-0.3, -0.25) is 4.79 Å². The molecule has 0 radical (unpaired) electrons. The van der Waals surface area contributed by atoms with Gasteiger partial charge >= 0.3 is 0 Å². The van der Waals surface area contributed by atoms with Crippen molar-refractivity contribution >= 4 is 22.9 Å². The molecule has 2 aromatic carbocycles. The Labute approximate surface area is 163 Å². The van der Waals surface area contributed by atoms with Gasteiger partial charge in [-0.05, 0) is 31.2 Å². The molecule has 0 saturated heterocycles. The van der Waals surface area contributed by atoms with E-state index >= 15 is 0 Å². The Morgan fingerprint density at radius 3 is 2.63 bits per heavy atom. The predicted molar refractivity (Wildman–Crippen MR) is 110 cm³/mol. The summed E-state index contributed by atoms with van der Waals surface area (Å²) in [6, 6.07) is 17.5. The van der Waals surface area contributed by atoms with Gasteiger partial charge in [-0.1, -0.05) is 42.0 Å². The molecule has 5 heteroatoms. The normalized spacial score (nSPS) is 10.4. The lowest BCUT2D eigenvalue weighted by Crippen LogP contribution is -2.32. The van der Waals surface area contributed by atoms with Crippen LogP contribution in [0.3, 0.4) is 0 Å². The van der Waals surface area contributed by atoms with Crippen LogP contribution in [-0.4, -0.2) is 17.4 Å². The first kappa shape index (κ1) is 18.9. The number of aryl methyl sites for hydroxylation is 1. The molecule has 0 aliphatic heterocycles. The van der Waals surface area contributed by atoms with Gasteiger partial charge in [0.05, 0.1) is 12.1 Å². The van der Waals surface area contributed by atoms with Crippen LogP contribution in [0.1, 0.15) is 16.3 Å². The topological polar surface area (TPSA) is 42.4 Å². The van der Waals surface area contributed by atoms with Crippen LogP contribution in [0.5, 0.6) is 5.75 Å². The number of thiazole rings is 1. The van der Waals surface area contributed by atoms with Crippen LogP contribution in [0.2, 0.25) is 0 Å². The zero-order valence-electron chi connectivity index (χ0n) is 15.3. The number of amides is 1. The molecule has 0 unspecified atom stereocenters. The van der Waals surface area contributed by atoms with Crippen LogP contribution in [0.15, 0.2) is 72.6 Å². The van der Waals surface area contributed by atoms with E-state index in [0.717, 1.165) is 22.1 Å². The molecule has 0 aliphatic carbocycles. The lowest BCUT2D eigenvalue weighted by Gasteiger charge is -2.20. The highest BCUT2D eigenvalue weighted by atomic mass is 32.1. The third kappa shape index (κ3) is 5.28. The average molecular weight is 378 g/mol. The van der Waals surface area contributed by atoms with Crippen molar-refractivity contribution < 1.29 is 9.53 Å². The maximum Gasteiger partial charge on any atom is 0.233 e. The fraction of sp³-hybridized carbons (Fsp3) is 0.182. The van der Waals surface area contributed by atoms with E-state index in [1.54, 1.807) is 11.0 Å². The first-order valence-corrected chi connectivity index (χ1v) is 9.62. The largest absolute Gasteiger partial charge is 0.486 e. The monoisotopic (exact) mass is 378 g/mol. The molecule has 3 rings (SSSR count). The molecule has 138 valence electrons. The molecule has 0 saturated carbocycles. The standard InChI is InChI=1S/C22H22N2O2S/c1-3-13-24(19-7-5-4-6-8-19)22(25)14-18-16-27-21(23-18)15-26-20-11-9-17(2)10-12-20/h3-12,16H,1,13-15H2,2H3. The first-order valence-electron chi connectivity index (χ1n) is 8.75. The van der Waals surface area contributed by atoms with Gasteiger partial charge in [0, 0.05) is 17.6 Å². The Balaban J connectivity index is 1.61. The summed E-state index contributed by atoms with van der Waals surface area (Å²) in [5.41, 5.74) is 2.82. The number of anilines is 1. The van der Waals surface area contributed by atoms with Crippen LogP contribution in [0.4, 0.5) is 5.69 Å². The molecule has 0 atom stereocenters. The highest BCUT2D eigenvalue weighted by molar-refractivity contribution is 7.09. The number of rotatable bonds is 8. The van der Waals surface area contributed by atoms with E-state index in [9.17, 15) is 4.79 Å². The summed E-state index contributed by atoms with van der Waals surface area (Å²) in [7, 11) is 0. The van der Waals surface area contributed by atoms with Gasteiger partial charge in [0.2, 0.25) is 5.91 Å². The quantitative estimate of drug-likeness (QED) is 0.529. The van der Waals surface area contributed by atoms with Crippen LogP contribution < -0.4 is 9.64 Å². The van der Waals surface area contributed by atoms with Crippen LogP contribution >= 0.6 is 11.3 Å². The first-order chi connectivity index (χ1) is 13.2. The number of aromatic nitrogens is 1. The fourth-order valence-corrected chi connectivity index (χ4v) is 3.32. The second kappa shape index (κ2) is 9.14. The minimum absolute atomic E-state index is 0.00240. The Kier molecular flexibility index (Phi) is 6.39. The highest BCUT2D eigenvalue weighted by Gasteiger charge is 2.16. The molecule has 0 bridgehead atoms. The Morgan fingerprint density at radius 1 is 1.19 bits per heavy atom. The van der Waals surface area contributed by atoms with Crippen molar-refractivity contribution in [2.75, 3.05) is 11.4 Å². The number of benzene rings is 2. The maximum atomic E-state index is 12.7. The lowest BCUT2D eigenvalue weighted by atomic mass is 10.2. The van der Waals surface area contributed by atoms with Crippen molar-refractivity contribution in [1.29, 1.82) is 0 Å². The molecule has 1 aromatic heterocycles. The lowest BCUT2D eigenvalue weighted by molar-refractivity contribution is -0.117. The van der Waals surface area contributed by atoms with Gasteiger partial charge in [-0.25, -0.2) is 4.98 Å². The number of carbonyl (C=O) groups excluding carboxylic acids is 1. The van der Waals surface area contributed by atoms with E-state index in [1.807, 2.05) is 66.9 Å². The van der Waals surface area contributed by atoms with Crippen molar-refractivity contribution in [2.24, 2.45) is 0 Å². The molecular formula is C22H22N2O2S. The number of hydrogen-bond donors (Lipinski definition) is 0. The summed E-state index contributed by atoms with van der Waals surface area (Å²) in [5, 5.41) is 2.77. The number of carbonyl (C=O) groups is 1. The summed E-state index contributed by atoms with van der Waals surface area (Å²) >= 11 is 1.51. The molecule has 0 aliphatic rings. The predicted octanol–water partition coefficient (Wildman–Crippen LogP) is 4.79. The van der Waals surface area contributed by atoms with Gasteiger partial charge in [0.15, 0.2) is 0 Å². The number of ether oxygens (including phenoxy) is 1. The molecule has 27 heavy (non-hydrogen) atoms. The van der Waals surface area contributed by atoms with E-state index in [1.165, 1.54) is 16.9 Å². The molecular weight excluding hydrogens is 356 g/mol. The summed E-state index contributed by atoms with van der Waals surface area (Å²) in [6.45, 7) is 6.66. The van der Waals surface area contributed by atoms with Crippen molar-refractivity contribution in [3.8, 4) is 5.75 Å². The SMILES string of the molecule is C=CCN(C(=O)Cc1csc(COc2ccc(C)cc2)n1)c1ccccc1. The van der Waals surface area contributed by atoms with Crippen molar-refractivity contribution in [1.82, 2.24) is 4.98 Å². The van der Waals surface area contributed by atoms with E-state index < -0.39 is 0 Å². The molecule has 1 heterocycles. The molecule has 0 N–H and O–H groups in total. The van der Waals surface area contributed by atoms with E-state index in [2.05, 4.69) is 11.6 Å². The van der Waals surface area contributed by atoms with Crippen LogP contribution in [-0.2, 0) is 17.8 Å². The van der Waals surface area contributed by atoms with Gasteiger partial charge in [0.25, 0.3) is 0 Å². The smallest absolute Gasteiger partial charge is 0.233 e. The molecule has 4 nitrogen and oxygen atoms in total. The minimum Gasteiger partial charge on any atom is -0.486 e. The average Bonchev–Trinajstić information content (AvgIpc) is 3.13. The molecule has 0 fully saturated rings. The maximum absolute atomic E-state index is 12.7. The van der Waals surface area contributed by atoms with Gasteiger partial charge in [-0.2, -0.15) is 0 Å². The fourth-order valence-electron chi connectivity index (χ4n) is 2.61. The minimum atomic E-state index is -0.00240. The summed E-state index contributed by atoms with van der Waals surface area (Å²) < 4.78 is 5.76. The van der Waals surface area contributed by atoms with Gasteiger partial charge < -0.3 is 9.64 Å². The van der Waals surface area contributed by atoms with Crippen LogP contribution in [0.25, 0.3) is 0 Å². The zero-order chi connectivity index (χ0) is 19.1. The molecule has 1 amide bonds. The van der Waals surface area contributed by atoms with E-state index in [-0.39, 0.29) is 12.3 Å². The molecule has 0 spiro atoms. The third-order valence-corrected chi connectivity index (χ3v) is 4.87. The Hall–Kier alpha value is -2.92. The third-order valence-electron chi connectivity index (χ3n) is 4.00. The van der Waals surface area contributed by atoms with E-state index in [0.29, 0.717) is 13.2 Å². The van der Waals surface area contributed by atoms with Gasteiger partial charge in [-0.15, -0.1) is 17.9 Å². The summed E-state index contributed by atoms with van der Waals surface area (Å²) in [5.74, 6) is 0.812. The van der Waals surface area contributed by atoms with Crippen molar-refractivity contribution in [3.05, 3.63) is 88.9 Å². The van der Waals surface area contributed by atoms with Gasteiger partial charge in [0.1, 0.15) is 17.4 Å². The van der Waals surface area contributed by atoms with E-state index in [4.69, 9.17) is 4.74 Å². The Morgan fingerprint density at radius 2 is 1.93 bits per heavy atom. The van der Waals surface area contributed by atoms with Crippen molar-refractivity contribution in [3.63, 3.8) is 0 Å². The second-order valence-electron chi connectivity index (χ2n) is 6.14.